The van der Waals surface area contributed by atoms with Gasteiger partial charge in [0, 0.05) is 17.4 Å². The number of aryl methyl sites for hydroxylation is 2. The Hall–Kier alpha value is -2.55. The number of nitrogens with one attached hydrogen (secondary N) is 1. The Labute approximate surface area is 149 Å². The normalized spacial score (nSPS) is 12.6. The first-order valence-electron chi connectivity index (χ1n) is 8.85. The Bertz CT molecular complexity index is 921. The summed E-state index contributed by atoms with van der Waals surface area (Å²) < 4.78 is 2.04. The zero-order valence-corrected chi connectivity index (χ0v) is 15.6. The highest BCUT2D eigenvalue weighted by Gasteiger charge is 2.17. The molecule has 0 bridgehead atoms. The average Bonchev–Trinajstić information content (AvgIpc) is 3.00. The summed E-state index contributed by atoms with van der Waals surface area (Å²) in [6.45, 7) is 10.4. The Morgan fingerprint density at radius 3 is 2.48 bits per heavy atom. The van der Waals surface area contributed by atoms with Gasteiger partial charge < -0.3 is 9.88 Å². The molecule has 3 heteroatoms. The summed E-state index contributed by atoms with van der Waals surface area (Å²) in [5.41, 5.74) is 5.51. The second kappa shape index (κ2) is 6.75. The fraction of sp³-hybridized carbons (Fsp3) is 0.318. The maximum absolute atomic E-state index is 12.8. The van der Waals surface area contributed by atoms with E-state index in [2.05, 4.69) is 49.5 Å². The summed E-state index contributed by atoms with van der Waals surface area (Å²) in [5.74, 6) is 0.497. The molecule has 0 aliphatic rings. The molecule has 1 amide bonds. The van der Waals surface area contributed by atoms with Crippen LogP contribution in [0, 0.1) is 13.8 Å². The molecule has 1 atom stereocenters. The zero-order valence-electron chi connectivity index (χ0n) is 15.6. The third kappa shape index (κ3) is 3.46. The first-order chi connectivity index (χ1) is 11.9. The highest BCUT2D eigenvalue weighted by Crippen LogP contribution is 2.26. The molecule has 0 saturated carbocycles. The molecular weight excluding hydrogens is 308 g/mol. The second-order valence-corrected chi connectivity index (χ2v) is 7.18. The van der Waals surface area contributed by atoms with Crippen LogP contribution >= 0.6 is 0 Å². The van der Waals surface area contributed by atoms with Gasteiger partial charge in [-0.3, -0.25) is 4.79 Å². The van der Waals surface area contributed by atoms with E-state index >= 15 is 0 Å². The van der Waals surface area contributed by atoms with Gasteiger partial charge in [-0.1, -0.05) is 32.0 Å². The summed E-state index contributed by atoms with van der Waals surface area (Å²) in [7, 11) is 0. The van der Waals surface area contributed by atoms with E-state index in [0.29, 0.717) is 5.92 Å². The van der Waals surface area contributed by atoms with Gasteiger partial charge in [0.25, 0.3) is 0 Å². The maximum atomic E-state index is 12.8. The predicted molar refractivity (Wildman–Crippen MR) is 105 cm³/mol. The van der Waals surface area contributed by atoms with E-state index in [1.165, 1.54) is 10.9 Å². The van der Waals surface area contributed by atoms with E-state index in [-0.39, 0.29) is 11.9 Å². The van der Waals surface area contributed by atoms with E-state index in [4.69, 9.17) is 0 Å². The third-order valence-corrected chi connectivity index (χ3v) is 4.86. The molecule has 130 valence electrons. The predicted octanol–water partition coefficient (Wildman–Crippen LogP) is 5.58. The first-order valence-corrected chi connectivity index (χ1v) is 8.85. The van der Waals surface area contributed by atoms with Crippen LogP contribution in [0.2, 0.25) is 0 Å². The van der Waals surface area contributed by atoms with Crippen molar-refractivity contribution in [3.8, 4) is 0 Å². The summed E-state index contributed by atoms with van der Waals surface area (Å²) in [4.78, 5) is 12.8. The van der Waals surface area contributed by atoms with Crippen LogP contribution in [0.5, 0.6) is 0 Å². The van der Waals surface area contributed by atoms with E-state index in [9.17, 15) is 4.79 Å². The van der Waals surface area contributed by atoms with Gasteiger partial charge in [-0.05, 0) is 73.0 Å². The molecule has 0 saturated heterocycles. The number of amides is 1. The van der Waals surface area contributed by atoms with Crippen LogP contribution in [-0.2, 0) is 4.79 Å². The second-order valence-electron chi connectivity index (χ2n) is 7.18. The van der Waals surface area contributed by atoms with E-state index in [0.717, 1.165) is 22.3 Å². The molecule has 25 heavy (non-hydrogen) atoms. The summed E-state index contributed by atoms with van der Waals surface area (Å²) in [5, 5.41) is 4.25. The Kier molecular flexibility index (Phi) is 4.67. The lowest BCUT2D eigenvalue weighted by Crippen LogP contribution is -2.23. The minimum absolute atomic E-state index is 0.000800. The van der Waals surface area contributed by atoms with Crippen LogP contribution < -0.4 is 5.32 Å². The molecule has 0 aliphatic carbocycles. The van der Waals surface area contributed by atoms with E-state index in [1.54, 1.807) is 0 Å². The van der Waals surface area contributed by atoms with Crippen molar-refractivity contribution in [3.63, 3.8) is 0 Å². The molecule has 1 heterocycles. The number of carbonyl (C=O) groups excluding carboxylic acids is 1. The summed E-state index contributed by atoms with van der Waals surface area (Å²) in [6, 6.07) is 14.4. The smallest absolute Gasteiger partial charge is 0.247 e. The number of carbonyl (C=O) groups is 1. The van der Waals surface area contributed by atoms with Gasteiger partial charge in [-0.15, -0.1) is 0 Å². The van der Waals surface area contributed by atoms with Crippen LogP contribution in [0.1, 0.15) is 49.4 Å². The fourth-order valence-electron chi connectivity index (χ4n) is 3.11. The maximum Gasteiger partial charge on any atom is 0.247 e. The Morgan fingerprint density at radius 2 is 1.76 bits per heavy atom. The lowest BCUT2D eigenvalue weighted by Gasteiger charge is -2.17. The van der Waals surface area contributed by atoms with Crippen LogP contribution in [0.3, 0.4) is 0 Å². The first kappa shape index (κ1) is 17.3. The number of nitrogens with zero attached hydrogens (tertiary/aromatic N) is 1. The third-order valence-electron chi connectivity index (χ3n) is 4.86. The van der Waals surface area contributed by atoms with Gasteiger partial charge in [0.15, 0.2) is 0 Å². The van der Waals surface area contributed by atoms with Crippen molar-refractivity contribution in [3.05, 3.63) is 65.4 Å². The minimum Gasteiger partial charge on any atom is -0.335 e. The Morgan fingerprint density at radius 1 is 1.00 bits per heavy atom. The molecule has 0 radical (unpaired) electrons. The molecule has 2 aromatic carbocycles. The largest absolute Gasteiger partial charge is 0.335 e. The van der Waals surface area contributed by atoms with Crippen LogP contribution in [0.15, 0.2) is 48.7 Å². The average molecular weight is 334 g/mol. The highest BCUT2D eigenvalue weighted by molar-refractivity contribution is 5.95. The topological polar surface area (TPSA) is 34.0 Å². The van der Waals surface area contributed by atoms with Crippen LogP contribution in [0.4, 0.5) is 5.69 Å². The molecule has 3 nitrogen and oxygen atoms in total. The molecule has 0 fully saturated rings. The SMILES string of the molecule is Cc1ccc(C)c(NC(=O)C(C)n2ccc3cc(C(C)C)ccc32)c1. The van der Waals surface area contributed by atoms with Gasteiger partial charge in [0.05, 0.1) is 0 Å². The Balaban J connectivity index is 1.87. The van der Waals surface area contributed by atoms with Gasteiger partial charge in [0.1, 0.15) is 6.04 Å². The number of hydrogen-bond acceptors (Lipinski definition) is 1. The number of aromatic nitrogens is 1. The lowest BCUT2D eigenvalue weighted by molar-refractivity contribution is -0.118. The van der Waals surface area contributed by atoms with Crippen molar-refractivity contribution in [1.29, 1.82) is 0 Å². The van der Waals surface area contributed by atoms with Crippen LogP contribution in [-0.4, -0.2) is 10.5 Å². The number of hydrogen-bond donors (Lipinski definition) is 1. The number of anilines is 1. The van der Waals surface area contributed by atoms with Crippen molar-refractivity contribution in [2.24, 2.45) is 0 Å². The summed E-state index contributed by atoms with van der Waals surface area (Å²) >= 11 is 0. The molecule has 0 aliphatic heterocycles. The molecule has 1 N–H and O–H groups in total. The molecule has 0 spiro atoms. The molecular formula is C22H26N2O. The molecule has 1 unspecified atom stereocenters. The van der Waals surface area contributed by atoms with Crippen molar-refractivity contribution >= 4 is 22.5 Å². The molecule has 3 rings (SSSR count). The lowest BCUT2D eigenvalue weighted by atomic mass is 10.0. The minimum atomic E-state index is -0.276. The van der Waals surface area contributed by atoms with Gasteiger partial charge in [-0.25, -0.2) is 0 Å². The van der Waals surface area contributed by atoms with Crippen molar-refractivity contribution < 1.29 is 4.79 Å². The highest BCUT2D eigenvalue weighted by atomic mass is 16.2. The quantitative estimate of drug-likeness (QED) is 0.664. The zero-order chi connectivity index (χ0) is 18.1. The van der Waals surface area contributed by atoms with E-state index in [1.807, 2.05) is 43.7 Å². The molecule has 1 aromatic heterocycles. The summed E-state index contributed by atoms with van der Waals surface area (Å²) in [6.07, 6.45) is 2.00. The standard InChI is InChI=1S/C22H26N2O/c1-14(2)18-8-9-21-19(13-18)10-11-24(21)17(5)22(25)23-20-12-15(3)6-7-16(20)4/h6-14,17H,1-5H3,(H,23,25). The number of rotatable bonds is 4. The monoisotopic (exact) mass is 334 g/mol. The van der Waals surface area contributed by atoms with Gasteiger partial charge >= 0.3 is 0 Å². The van der Waals surface area contributed by atoms with Crippen molar-refractivity contribution in [1.82, 2.24) is 4.57 Å². The van der Waals surface area contributed by atoms with Crippen molar-refractivity contribution in [2.75, 3.05) is 5.32 Å². The van der Waals surface area contributed by atoms with Crippen LogP contribution in [0.25, 0.3) is 10.9 Å². The van der Waals surface area contributed by atoms with Crippen molar-refractivity contribution in [2.45, 2.75) is 46.6 Å². The molecule has 3 aromatic rings. The van der Waals surface area contributed by atoms with Gasteiger partial charge in [-0.2, -0.15) is 0 Å². The number of fused-ring (bicyclic) bond motifs is 1. The van der Waals surface area contributed by atoms with Gasteiger partial charge in [0.2, 0.25) is 5.91 Å². The van der Waals surface area contributed by atoms with E-state index < -0.39 is 0 Å². The number of benzene rings is 2. The fourth-order valence-corrected chi connectivity index (χ4v) is 3.11.